The summed E-state index contributed by atoms with van der Waals surface area (Å²) in [6.07, 6.45) is 2.75. The van der Waals surface area contributed by atoms with Crippen molar-refractivity contribution < 1.29 is 9.53 Å². The van der Waals surface area contributed by atoms with Crippen molar-refractivity contribution in [3.63, 3.8) is 0 Å². The first-order chi connectivity index (χ1) is 14.7. The molecule has 4 rings (SSSR count). The van der Waals surface area contributed by atoms with Gasteiger partial charge in [0.05, 0.1) is 11.6 Å². The van der Waals surface area contributed by atoms with Crippen molar-refractivity contribution in [1.82, 2.24) is 10.3 Å². The van der Waals surface area contributed by atoms with E-state index < -0.39 is 0 Å². The molecule has 2 N–H and O–H groups in total. The van der Waals surface area contributed by atoms with Crippen LogP contribution in [0.25, 0.3) is 22.0 Å². The minimum Gasteiger partial charge on any atom is -0.484 e. The molecule has 0 spiro atoms. The third kappa shape index (κ3) is 4.50. The Morgan fingerprint density at radius 1 is 0.967 bits per heavy atom. The number of rotatable bonds is 7. The van der Waals surface area contributed by atoms with Gasteiger partial charge in [-0.25, -0.2) is 0 Å². The lowest BCUT2D eigenvalue weighted by atomic mass is 10.0. The van der Waals surface area contributed by atoms with Crippen LogP contribution in [0.3, 0.4) is 0 Å². The molecular weight excluding hydrogens is 374 g/mol. The largest absolute Gasteiger partial charge is 0.484 e. The van der Waals surface area contributed by atoms with Crippen molar-refractivity contribution in [1.29, 1.82) is 5.26 Å². The molecule has 1 aromatic heterocycles. The van der Waals surface area contributed by atoms with Gasteiger partial charge in [0.25, 0.3) is 5.91 Å². The number of aromatic nitrogens is 1. The first kappa shape index (κ1) is 19.3. The number of hydrogen-bond donors (Lipinski definition) is 2. The van der Waals surface area contributed by atoms with Gasteiger partial charge in [-0.2, -0.15) is 5.26 Å². The van der Waals surface area contributed by atoms with Crippen molar-refractivity contribution >= 4 is 16.8 Å². The summed E-state index contributed by atoms with van der Waals surface area (Å²) in [5, 5.41) is 13.0. The van der Waals surface area contributed by atoms with E-state index in [0.29, 0.717) is 17.9 Å². The van der Waals surface area contributed by atoms with Gasteiger partial charge in [0.2, 0.25) is 0 Å². The van der Waals surface area contributed by atoms with Gasteiger partial charge in [0.1, 0.15) is 5.75 Å². The normalized spacial score (nSPS) is 10.5. The van der Waals surface area contributed by atoms with Crippen LogP contribution in [0, 0.1) is 11.3 Å². The zero-order valence-electron chi connectivity index (χ0n) is 16.4. The SMILES string of the molecule is N#Cc1ccc(-c2ccc(OCC(=O)NCCc3c[nH]c4ccccc34)cc2)cc1. The van der Waals surface area contributed by atoms with E-state index in [2.05, 4.69) is 22.4 Å². The second kappa shape index (κ2) is 8.97. The maximum Gasteiger partial charge on any atom is 0.257 e. The number of amides is 1. The molecule has 0 aliphatic rings. The minimum absolute atomic E-state index is 0.0237. The molecule has 0 saturated heterocycles. The van der Waals surface area contributed by atoms with Crippen molar-refractivity contribution in [3.8, 4) is 22.9 Å². The fourth-order valence-corrected chi connectivity index (χ4v) is 3.36. The Labute approximate surface area is 174 Å². The first-order valence-corrected chi connectivity index (χ1v) is 9.78. The standard InChI is InChI=1S/C25H21N3O2/c26-15-18-5-7-19(8-6-18)20-9-11-22(12-10-20)30-17-25(29)27-14-13-21-16-28-24-4-2-1-3-23(21)24/h1-12,16,28H,13-14,17H2,(H,27,29). The highest BCUT2D eigenvalue weighted by molar-refractivity contribution is 5.83. The molecule has 0 saturated carbocycles. The molecule has 0 unspecified atom stereocenters. The van der Waals surface area contributed by atoms with Gasteiger partial charge in [-0.3, -0.25) is 4.79 Å². The van der Waals surface area contributed by atoms with Gasteiger partial charge >= 0.3 is 0 Å². The van der Waals surface area contributed by atoms with Gasteiger partial charge in [0.15, 0.2) is 6.61 Å². The molecule has 5 heteroatoms. The number of nitrogens with zero attached hydrogens (tertiary/aromatic N) is 1. The van der Waals surface area contributed by atoms with E-state index in [9.17, 15) is 4.79 Å². The van der Waals surface area contributed by atoms with Crippen LogP contribution in [0.4, 0.5) is 0 Å². The second-order valence-corrected chi connectivity index (χ2v) is 6.96. The molecule has 30 heavy (non-hydrogen) atoms. The third-order valence-corrected chi connectivity index (χ3v) is 4.96. The predicted octanol–water partition coefficient (Wildman–Crippen LogP) is 4.44. The third-order valence-electron chi connectivity index (χ3n) is 4.96. The number of ether oxygens (including phenoxy) is 1. The van der Waals surface area contributed by atoms with Gasteiger partial charge in [-0.15, -0.1) is 0 Å². The number of carbonyl (C=O) groups is 1. The number of hydrogen-bond acceptors (Lipinski definition) is 3. The van der Waals surface area contributed by atoms with E-state index in [-0.39, 0.29) is 12.5 Å². The average Bonchev–Trinajstić information content (AvgIpc) is 3.21. The number of para-hydroxylation sites is 1. The highest BCUT2D eigenvalue weighted by atomic mass is 16.5. The summed E-state index contributed by atoms with van der Waals surface area (Å²) in [4.78, 5) is 15.3. The van der Waals surface area contributed by atoms with Gasteiger partial charge < -0.3 is 15.0 Å². The summed E-state index contributed by atoms with van der Waals surface area (Å²) in [5.74, 6) is 0.491. The average molecular weight is 395 g/mol. The Morgan fingerprint density at radius 2 is 1.67 bits per heavy atom. The monoisotopic (exact) mass is 395 g/mol. The molecule has 5 nitrogen and oxygen atoms in total. The number of nitriles is 1. The number of carbonyl (C=O) groups excluding carboxylic acids is 1. The summed E-state index contributed by atoms with van der Waals surface area (Å²) >= 11 is 0. The number of nitrogens with one attached hydrogen (secondary N) is 2. The van der Waals surface area contributed by atoms with E-state index in [1.807, 2.05) is 60.8 Å². The molecular formula is C25H21N3O2. The van der Waals surface area contributed by atoms with Crippen molar-refractivity contribution in [2.75, 3.05) is 13.2 Å². The lowest BCUT2D eigenvalue weighted by molar-refractivity contribution is -0.123. The summed E-state index contributed by atoms with van der Waals surface area (Å²) in [7, 11) is 0. The number of H-pyrrole nitrogens is 1. The Bertz CT molecular complexity index is 1190. The van der Waals surface area contributed by atoms with E-state index in [1.54, 1.807) is 12.1 Å². The van der Waals surface area contributed by atoms with Crippen LogP contribution in [0.2, 0.25) is 0 Å². The highest BCUT2D eigenvalue weighted by Gasteiger charge is 2.06. The van der Waals surface area contributed by atoms with Gasteiger partial charge in [0, 0.05) is 23.6 Å². The lowest BCUT2D eigenvalue weighted by Gasteiger charge is -2.08. The molecule has 0 aliphatic carbocycles. The van der Waals surface area contributed by atoms with E-state index in [1.165, 1.54) is 10.9 Å². The number of aromatic amines is 1. The lowest BCUT2D eigenvalue weighted by Crippen LogP contribution is -2.30. The quantitative estimate of drug-likeness (QED) is 0.485. The van der Waals surface area contributed by atoms with Crippen LogP contribution in [-0.2, 0) is 11.2 Å². The van der Waals surface area contributed by atoms with E-state index in [4.69, 9.17) is 10.00 Å². The van der Waals surface area contributed by atoms with Crippen LogP contribution in [0.1, 0.15) is 11.1 Å². The molecule has 1 amide bonds. The summed E-state index contributed by atoms with van der Waals surface area (Å²) < 4.78 is 5.59. The molecule has 0 aliphatic heterocycles. The zero-order valence-corrected chi connectivity index (χ0v) is 16.4. The Balaban J connectivity index is 1.25. The zero-order chi connectivity index (χ0) is 20.8. The summed E-state index contributed by atoms with van der Waals surface area (Å²) in [5.41, 5.74) is 4.97. The van der Waals surface area contributed by atoms with Crippen LogP contribution in [-0.4, -0.2) is 24.0 Å². The fourth-order valence-electron chi connectivity index (χ4n) is 3.36. The first-order valence-electron chi connectivity index (χ1n) is 9.78. The van der Waals surface area contributed by atoms with Crippen molar-refractivity contribution in [2.45, 2.75) is 6.42 Å². The Hall–Kier alpha value is -4.04. The molecule has 0 fully saturated rings. The smallest absolute Gasteiger partial charge is 0.257 e. The Morgan fingerprint density at radius 3 is 2.40 bits per heavy atom. The van der Waals surface area contributed by atoms with E-state index in [0.717, 1.165) is 23.1 Å². The molecule has 0 radical (unpaired) electrons. The Kier molecular flexibility index (Phi) is 5.77. The summed E-state index contributed by atoms with van der Waals surface area (Å²) in [6, 6.07) is 25.2. The van der Waals surface area contributed by atoms with Crippen molar-refractivity contribution in [3.05, 3.63) is 90.1 Å². The minimum atomic E-state index is -0.147. The second-order valence-electron chi connectivity index (χ2n) is 6.96. The number of fused-ring (bicyclic) bond motifs is 1. The van der Waals surface area contributed by atoms with Gasteiger partial charge in [-0.05, 0) is 53.4 Å². The molecule has 1 heterocycles. The van der Waals surface area contributed by atoms with Crippen LogP contribution in [0.5, 0.6) is 5.75 Å². The molecule has 0 atom stereocenters. The number of benzene rings is 3. The van der Waals surface area contributed by atoms with Crippen LogP contribution in [0.15, 0.2) is 79.0 Å². The van der Waals surface area contributed by atoms with Gasteiger partial charge in [-0.1, -0.05) is 42.5 Å². The predicted molar refractivity (Wildman–Crippen MR) is 117 cm³/mol. The molecule has 3 aromatic carbocycles. The highest BCUT2D eigenvalue weighted by Crippen LogP contribution is 2.23. The topological polar surface area (TPSA) is 77.9 Å². The fraction of sp³-hybridized carbons (Fsp3) is 0.120. The molecule has 0 bridgehead atoms. The van der Waals surface area contributed by atoms with E-state index >= 15 is 0 Å². The van der Waals surface area contributed by atoms with Crippen molar-refractivity contribution in [2.24, 2.45) is 0 Å². The van der Waals surface area contributed by atoms with Crippen LogP contribution < -0.4 is 10.1 Å². The summed E-state index contributed by atoms with van der Waals surface area (Å²) in [6.45, 7) is 0.534. The maximum absolute atomic E-state index is 12.1. The maximum atomic E-state index is 12.1. The molecule has 148 valence electrons. The molecule has 4 aromatic rings. The van der Waals surface area contributed by atoms with Crippen LogP contribution >= 0.6 is 0 Å².